The van der Waals surface area contributed by atoms with Gasteiger partial charge in [0.05, 0.1) is 92.4 Å². The number of esters is 1. The van der Waals surface area contributed by atoms with Gasteiger partial charge >= 0.3 is 12.0 Å². The second kappa shape index (κ2) is 22.3. The van der Waals surface area contributed by atoms with E-state index in [9.17, 15) is 65.4 Å². The number of unbranched alkanes of at least 4 members (excludes halogenated alkanes) is 1. The van der Waals surface area contributed by atoms with E-state index in [0.29, 0.717) is 12.8 Å². The first-order valence-corrected chi connectivity index (χ1v) is 31.6. The van der Waals surface area contributed by atoms with Crippen molar-refractivity contribution in [2.24, 2.45) is 16.2 Å². The molecular weight excluding hydrogens is 1150 g/mol. The summed E-state index contributed by atoms with van der Waals surface area (Å²) in [5.74, 6) is -2.51. The standard InChI is InChI=1S/C62H111N3O21S/c1-37(68)65-53(14)47(8,55(16,72)48(9,29-66)86-62(53,23)82-40(69)27-25-24-26-39-41-38(28-87-39)63-42(70)64-41)33-81-35-51(12)59(20,76)56(17,73)45(6,43(2,3)83-51)31-79-34-50(11)46(7,57(18,74)58(19,75)49(10,30-67)85-50)32-80-36-52(13)60(21,77)61(22,78)54(15,71)44(4,5)84-52/h38-39,41,66-67,71-78H,24-36H2,1-23H3,(H,65,68)(H2,63,64,70)/t38-,39?,41-,45+,46?,47?,48?,49?,50-,51+,52-,53?,54+,55-,56?,57?,58+,59?,60?,61?,62+/m0/s1. The van der Waals surface area contributed by atoms with Gasteiger partial charge in [0, 0.05) is 31.3 Å². The largest absolute Gasteiger partial charge is 0.431 e. The first-order valence-electron chi connectivity index (χ1n) is 30.6. The molecule has 13 N–H and O–H groups in total. The lowest BCUT2D eigenvalue weighted by Gasteiger charge is -2.69. The van der Waals surface area contributed by atoms with Crippen molar-refractivity contribution in [2.45, 2.75) is 298 Å². The molecule has 6 saturated heterocycles. The molecule has 506 valence electrons. The molecule has 87 heavy (non-hydrogen) atoms. The summed E-state index contributed by atoms with van der Waals surface area (Å²) >= 11 is 1.76. The van der Waals surface area contributed by atoms with Crippen LogP contribution in [0, 0.1) is 16.2 Å². The van der Waals surface area contributed by atoms with E-state index in [1.54, 1.807) is 81.0 Å². The third-order valence-corrected chi connectivity index (χ3v) is 26.9. The summed E-state index contributed by atoms with van der Waals surface area (Å²) in [4.78, 5) is 39.2. The minimum absolute atomic E-state index is 0.0000401. The van der Waals surface area contributed by atoms with Gasteiger partial charge < -0.3 is 105 Å². The number of hydrogen-bond donors (Lipinski definition) is 13. The minimum atomic E-state index is -2.21. The van der Waals surface area contributed by atoms with Gasteiger partial charge in [0.1, 0.15) is 78.4 Å². The fourth-order valence-corrected chi connectivity index (χ4v) is 17.2. The van der Waals surface area contributed by atoms with Crippen molar-refractivity contribution < 1.29 is 103 Å². The quantitative estimate of drug-likeness (QED) is 0.0446. The average Bonchev–Trinajstić information content (AvgIpc) is 0.912. The zero-order valence-corrected chi connectivity index (χ0v) is 57.1. The summed E-state index contributed by atoms with van der Waals surface area (Å²) in [7, 11) is 0. The molecule has 11 unspecified atom stereocenters. The van der Waals surface area contributed by atoms with Crippen molar-refractivity contribution in [3.8, 4) is 0 Å². The molecule has 6 aliphatic rings. The van der Waals surface area contributed by atoms with Gasteiger partial charge in [-0.15, -0.1) is 0 Å². The summed E-state index contributed by atoms with van der Waals surface area (Å²) in [6.45, 7) is 30.3. The Bertz CT molecular complexity index is 2600. The van der Waals surface area contributed by atoms with Crippen LogP contribution in [0.25, 0.3) is 0 Å². The van der Waals surface area contributed by atoms with Gasteiger partial charge in [-0.05, 0) is 137 Å². The molecule has 0 aliphatic carbocycles. The average molecular weight is 1270 g/mol. The minimum Gasteiger partial charge on any atom is -0.431 e. The number of ether oxygens (including phenoxy) is 8. The van der Waals surface area contributed by atoms with E-state index in [0.717, 1.165) is 12.2 Å². The number of amides is 3. The lowest BCUT2D eigenvalue weighted by molar-refractivity contribution is -0.417. The maximum absolute atomic E-state index is 14.0. The van der Waals surface area contributed by atoms with Crippen LogP contribution in [0.1, 0.15) is 185 Å². The van der Waals surface area contributed by atoms with Gasteiger partial charge in [0.15, 0.2) is 0 Å². The number of hydrogen-bond acceptors (Lipinski definition) is 22. The zero-order chi connectivity index (χ0) is 67.1. The van der Waals surface area contributed by atoms with Crippen molar-refractivity contribution >= 4 is 29.7 Å². The fraction of sp³-hybridized carbons (Fsp3) is 0.952. The molecule has 6 fully saturated rings. The van der Waals surface area contributed by atoms with Crippen molar-refractivity contribution in [3.63, 3.8) is 0 Å². The van der Waals surface area contributed by atoms with Crippen LogP contribution in [0.4, 0.5) is 4.79 Å². The molecular formula is C62H111N3O21S. The normalized spacial score (nSPS) is 52.0. The number of carbonyl (C=O) groups excluding carboxylic acids is 3. The highest BCUT2D eigenvalue weighted by Crippen LogP contribution is 2.63. The van der Waals surface area contributed by atoms with E-state index in [2.05, 4.69) is 16.0 Å². The molecule has 6 heterocycles. The monoisotopic (exact) mass is 1270 g/mol. The molecule has 24 nitrogen and oxygen atoms in total. The van der Waals surface area contributed by atoms with E-state index in [4.69, 9.17) is 37.9 Å². The van der Waals surface area contributed by atoms with Gasteiger partial charge in [-0.2, -0.15) is 11.8 Å². The first kappa shape index (κ1) is 73.9. The maximum Gasteiger partial charge on any atom is 0.315 e. The van der Waals surface area contributed by atoms with E-state index < -0.39 is 170 Å². The molecule has 0 bridgehead atoms. The van der Waals surface area contributed by atoms with Gasteiger partial charge in [0.25, 0.3) is 0 Å². The molecule has 0 aromatic carbocycles. The second-order valence-electron chi connectivity index (χ2n) is 31.0. The summed E-state index contributed by atoms with van der Waals surface area (Å²) in [6, 6.07) is -0.135. The summed E-state index contributed by atoms with van der Waals surface area (Å²) in [6.07, 6.45) is 1.79. The Morgan fingerprint density at radius 1 is 0.506 bits per heavy atom. The number of carbonyl (C=O) groups is 3. The first-order chi connectivity index (χ1) is 38.8. The number of fused-ring (bicyclic) bond motifs is 1. The SMILES string of the molecule is CC(=O)NC1(C)C(C)(COC[C@@]2(C)OC(C)(C)[C@@](C)(COC[C@]3(C)OC(C)(CO)[C@@](C)(O)C(C)(O)C3(C)COC[C@]3(C)OC(C)(C)[C@@](C)(O)C(C)(O)C3(C)O)C(C)(O)C2(C)O)[C@](C)(O)C(C)(CO)O[C@@]1(C)OC(=O)CCCCC1SC[C@@H]2NC(=O)N[C@H]12. The predicted molar refractivity (Wildman–Crippen MR) is 321 cm³/mol. The lowest BCUT2D eigenvalue weighted by atomic mass is 9.52. The van der Waals surface area contributed by atoms with Crippen LogP contribution in [0.2, 0.25) is 0 Å². The molecule has 0 aromatic rings. The lowest BCUT2D eigenvalue weighted by Crippen LogP contribution is -2.86. The fourth-order valence-electron chi connectivity index (χ4n) is 15.6. The molecule has 0 spiro atoms. The number of thioether (sulfide) groups is 1. The van der Waals surface area contributed by atoms with Crippen LogP contribution in [-0.2, 0) is 47.5 Å². The van der Waals surface area contributed by atoms with Gasteiger partial charge in [0.2, 0.25) is 11.7 Å². The van der Waals surface area contributed by atoms with Crippen molar-refractivity contribution in [1.29, 1.82) is 0 Å². The van der Waals surface area contributed by atoms with Crippen LogP contribution in [0.15, 0.2) is 0 Å². The molecule has 0 radical (unpaired) electrons. The van der Waals surface area contributed by atoms with Crippen molar-refractivity contribution in [3.05, 3.63) is 0 Å². The Morgan fingerprint density at radius 3 is 1.45 bits per heavy atom. The van der Waals surface area contributed by atoms with Crippen LogP contribution >= 0.6 is 11.8 Å². The number of urea groups is 1. The third-order valence-electron chi connectivity index (χ3n) is 25.3. The van der Waals surface area contributed by atoms with Crippen LogP contribution < -0.4 is 16.0 Å². The third kappa shape index (κ3) is 10.3. The number of aliphatic hydroxyl groups excluding tert-OH is 2. The molecule has 0 aromatic heterocycles. The Balaban J connectivity index is 1.24. The summed E-state index contributed by atoms with van der Waals surface area (Å²) < 4.78 is 52.6. The Labute approximate surface area is 519 Å². The van der Waals surface area contributed by atoms with E-state index in [1.165, 1.54) is 90.0 Å². The highest BCUT2D eigenvalue weighted by Gasteiger charge is 2.79. The van der Waals surface area contributed by atoms with Crippen LogP contribution in [-0.4, -0.2) is 240 Å². The highest BCUT2D eigenvalue weighted by molar-refractivity contribution is 8.00. The number of nitrogens with one attached hydrogen (secondary N) is 3. The van der Waals surface area contributed by atoms with Crippen molar-refractivity contribution in [1.82, 2.24) is 16.0 Å². The van der Waals surface area contributed by atoms with Gasteiger partial charge in [-0.1, -0.05) is 27.2 Å². The highest BCUT2D eigenvalue weighted by atomic mass is 32.2. The molecule has 25 heteroatoms. The number of rotatable bonds is 21. The summed E-state index contributed by atoms with van der Waals surface area (Å²) in [5.41, 5.74) is -35.4. The Kier molecular flexibility index (Phi) is 18.9. The summed E-state index contributed by atoms with van der Waals surface area (Å²) in [5, 5.41) is 130. The molecule has 6 rings (SSSR count). The van der Waals surface area contributed by atoms with E-state index in [1.807, 2.05) is 0 Å². The maximum atomic E-state index is 14.0. The van der Waals surface area contributed by atoms with E-state index >= 15 is 0 Å². The molecule has 6 aliphatic heterocycles. The molecule has 21 atom stereocenters. The van der Waals surface area contributed by atoms with E-state index in [-0.39, 0.29) is 36.4 Å². The Morgan fingerprint density at radius 2 is 0.943 bits per heavy atom. The Hall–Kier alpha value is -2.12. The van der Waals surface area contributed by atoms with Gasteiger partial charge in [-0.3, -0.25) is 9.59 Å². The molecule has 3 amide bonds. The van der Waals surface area contributed by atoms with Crippen LogP contribution in [0.5, 0.6) is 0 Å². The zero-order valence-electron chi connectivity index (χ0n) is 56.3. The topological polar surface area (TPSA) is 363 Å². The smallest absolute Gasteiger partial charge is 0.315 e. The van der Waals surface area contributed by atoms with Crippen molar-refractivity contribution in [2.75, 3.05) is 58.6 Å². The molecule has 0 saturated carbocycles. The van der Waals surface area contributed by atoms with Crippen LogP contribution in [0.3, 0.4) is 0 Å². The predicted octanol–water partition coefficient (Wildman–Crippen LogP) is 2.40. The van der Waals surface area contributed by atoms with Gasteiger partial charge in [-0.25, -0.2) is 4.79 Å². The second-order valence-corrected chi connectivity index (χ2v) is 32.3. The number of aliphatic hydroxyl groups is 10.